The third-order valence-electron chi connectivity index (χ3n) is 4.09. The Bertz CT molecular complexity index is 487. The molecule has 1 fully saturated rings. The highest BCUT2D eigenvalue weighted by Gasteiger charge is 2.25. The maximum Gasteiger partial charge on any atom is 0.165 e. The molecular formula is C16H24N2O2. The molecule has 4 nitrogen and oxygen atoms in total. The summed E-state index contributed by atoms with van der Waals surface area (Å²) in [4.78, 5) is 16.7. The van der Waals surface area contributed by atoms with Gasteiger partial charge in [-0.15, -0.1) is 0 Å². The van der Waals surface area contributed by atoms with Gasteiger partial charge in [0.1, 0.15) is 5.75 Å². The lowest BCUT2D eigenvalue weighted by Gasteiger charge is -2.41. The number of carbonyl (C=O) groups is 1. The van der Waals surface area contributed by atoms with Gasteiger partial charge in [-0.05, 0) is 32.5 Å². The van der Waals surface area contributed by atoms with Gasteiger partial charge in [0.05, 0.1) is 18.4 Å². The van der Waals surface area contributed by atoms with Crippen LogP contribution in [-0.2, 0) is 0 Å². The zero-order chi connectivity index (χ0) is 14.7. The van der Waals surface area contributed by atoms with E-state index in [9.17, 15) is 4.79 Å². The molecule has 0 aliphatic carbocycles. The molecule has 1 heterocycles. The molecule has 0 radical (unpaired) electrons. The van der Waals surface area contributed by atoms with Crippen LogP contribution in [0.5, 0.6) is 5.75 Å². The summed E-state index contributed by atoms with van der Waals surface area (Å²) < 4.78 is 5.35. The second kappa shape index (κ2) is 6.27. The molecule has 2 rings (SSSR count). The highest BCUT2D eigenvalue weighted by molar-refractivity contribution is 6.02. The van der Waals surface area contributed by atoms with Crippen molar-refractivity contribution >= 4 is 11.5 Å². The Morgan fingerprint density at radius 2 is 2.15 bits per heavy atom. The molecular weight excluding hydrogens is 252 g/mol. The molecule has 1 atom stereocenters. The highest BCUT2D eigenvalue weighted by atomic mass is 16.5. The zero-order valence-electron chi connectivity index (χ0n) is 12.8. The Balaban J connectivity index is 2.31. The molecule has 1 aromatic carbocycles. The third kappa shape index (κ3) is 2.80. The summed E-state index contributed by atoms with van der Waals surface area (Å²) in [6, 6.07) is 6.33. The maximum atomic E-state index is 12.0. The molecule has 0 bridgehead atoms. The maximum absolute atomic E-state index is 12.0. The lowest BCUT2D eigenvalue weighted by Crippen LogP contribution is -2.52. The first kappa shape index (κ1) is 14.9. The van der Waals surface area contributed by atoms with E-state index >= 15 is 0 Å². The Morgan fingerprint density at radius 3 is 2.70 bits per heavy atom. The van der Waals surface area contributed by atoms with Crippen molar-refractivity contribution in [2.75, 3.05) is 38.2 Å². The van der Waals surface area contributed by atoms with Crippen LogP contribution in [0.25, 0.3) is 0 Å². The molecule has 1 saturated heterocycles. The standard InChI is InChI=1S/C16H24N2O2/c1-5-17-9-10-18(11-12(17)2)14-7-6-8-15(20-4)16(14)13(3)19/h6-8,12H,5,9-11H2,1-4H3. The van der Waals surface area contributed by atoms with E-state index in [0.29, 0.717) is 17.4 Å². The van der Waals surface area contributed by atoms with Gasteiger partial charge in [-0.25, -0.2) is 0 Å². The van der Waals surface area contributed by atoms with E-state index in [0.717, 1.165) is 31.9 Å². The second-order valence-electron chi connectivity index (χ2n) is 5.33. The molecule has 0 spiro atoms. The number of Topliss-reactive ketones (excluding diaryl/α,β-unsaturated/α-hetero) is 1. The SMILES string of the molecule is CCN1CCN(c2cccc(OC)c2C(C)=O)CC1C. The van der Waals surface area contributed by atoms with Gasteiger partial charge >= 0.3 is 0 Å². The normalized spacial score (nSPS) is 20.0. The van der Waals surface area contributed by atoms with Crippen LogP contribution in [0.3, 0.4) is 0 Å². The van der Waals surface area contributed by atoms with Gasteiger partial charge < -0.3 is 9.64 Å². The van der Waals surface area contributed by atoms with Crippen LogP contribution in [0.2, 0.25) is 0 Å². The molecule has 1 aliphatic heterocycles. The van der Waals surface area contributed by atoms with E-state index < -0.39 is 0 Å². The predicted octanol–water partition coefficient (Wildman–Crippen LogP) is 2.43. The van der Waals surface area contributed by atoms with Crippen molar-refractivity contribution in [1.82, 2.24) is 4.90 Å². The number of hydrogen-bond donors (Lipinski definition) is 0. The minimum Gasteiger partial charge on any atom is -0.496 e. The van der Waals surface area contributed by atoms with Crippen molar-refractivity contribution in [3.63, 3.8) is 0 Å². The first-order chi connectivity index (χ1) is 9.58. The average molecular weight is 276 g/mol. The van der Waals surface area contributed by atoms with Crippen molar-refractivity contribution in [3.05, 3.63) is 23.8 Å². The summed E-state index contributed by atoms with van der Waals surface area (Å²) in [5, 5.41) is 0. The van der Waals surface area contributed by atoms with Crippen LogP contribution in [-0.4, -0.2) is 50.0 Å². The summed E-state index contributed by atoms with van der Waals surface area (Å²) in [5.74, 6) is 0.726. The Hall–Kier alpha value is -1.55. The second-order valence-corrected chi connectivity index (χ2v) is 5.33. The smallest absolute Gasteiger partial charge is 0.165 e. The molecule has 0 saturated carbocycles. The number of rotatable bonds is 4. The quantitative estimate of drug-likeness (QED) is 0.791. The number of carbonyl (C=O) groups excluding carboxylic acids is 1. The van der Waals surface area contributed by atoms with Crippen LogP contribution < -0.4 is 9.64 Å². The molecule has 0 amide bonds. The van der Waals surface area contributed by atoms with Crippen molar-refractivity contribution in [1.29, 1.82) is 0 Å². The number of anilines is 1. The molecule has 1 aromatic rings. The van der Waals surface area contributed by atoms with Crippen molar-refractivity contribution in [3.8, 4) is 5.75 Å². The van der Waals surface area contributed by atoms with Gasteiger partial charge in [0.15, 0.2) is 5.78 Å². The van der Waals surface area contributed by atoms with E-state index in [1.807, 2.05) is 18.2 Å². The summed E-state index contributed by atoms with van der Waals surface area (Å²) in [6.45, 7) is 10.0. The molecule has 0 N–H and O–H groups in total. The Labute approximate surface area is 121 Å². The van der Waals surface area contributed by atoms with Crippen LogP contribution >= 0.6 is 0 Å². The van der Waals surface area contributed by atoms with Crippen LogP contribution in [0.15, 0.2) is 18.2 Å². The van der Waals surface area contributed by atoms with Gasteiger partial charge in [-0.3, -0.25) is 9.69 Å². The monoisotopic (exact) mass is 276 g/mol. The number of likely N-dealkylation sites (N-methyl/N-ethyl adjacent to an activating group) is 1. The van der Waals surface area contributed by atoms with Gasteiger partial charge in [0, 0.05) is 25.7 Å². The number of nitrogens with zero attached hydrogens (tertiary/aromatic N) is 2. The topological polar surface area (TPSA) is 32.8 Å². The van der Waals surface area contributed by atoms with Crippen molar-refractivity contribution < 1.29 is 9.53 Å². The van der Waals surface area contributed by atoms with E-state index in [4.69, 9.17) is 4.74 Å². The van der Waals surface area contributed by atoms with E-state index in [1.54, 1.807) is 14.0 Å². The molecule has 0 aromatic heterocycles. The molecule has 4 heteroatoms. The lowest BCUT2D eigenvalue weighted by molar-refractivity contribution is 0.101. The first-order valence-corrected chi connectivity index (χ1v) is 7.25. The van der Waals surface area contributed by atoms with E-state index in [2.05, 4.69) is 23.6 Å². The third-order valence-corrected chi connectivity index (χ3v) is 4.09. The van der Waals surface area contributed by atoms with Gasteiger partial charge in [0.2, 0.25) is 0 Å². The fraction of sp³-hybridized carbons (Fsp3) is 0.562. The lowest BCUT2D eigenvalue weighted by atomic mass is 10.0. The van der Waals surface area contributed by atoms with Crippen LogP contribution in [0.4, 0.5) is 5.69 Å². The van der Waals surface area contributed by atoms with E-state index in [-0.39, 0.29) is 5.78 Å². The highest BCUT2D eigenvalue weighted by Crippen LogP contribution is 2.31. The molecule has 1 unspecified atom stereocenters. The van der Waals surface area contributed by atoms with Gasteiger partial charge in [-0.2, -0.15) is 0 Å². The van der Waals surface area contributed by atoms with Crippen LogP contribution in [0.1, 0.15) is 31.1 Å². The number of methoxy groups -OCH3 is 1. The first-order valence-electron chi connectivity index (χ1n) is 7.25. The summed E-state index contributed by atoms with van der Waals surface area (Å²) in [7, 11) is 1.61. The van der Waals surface area contributed by atoms with Crippen molar-refractivity contribution in [2.45, 2.75) is 26.8 Å². The Kier molecular flexibility index (Phi) is 4.65. The summed E-state index contributed by atoms with van der Waals surface area (Å²) in [5.41, 5.74) is 1.70. The average Bonchev–Trinajstić information content (AvgIpc) is 2.46. The number of ether oxygens (including phenoxy) is 1. The minimum absolute atomic E-state index is 0.0584. The number of piperazine rings is 1. The fourth-order valence-electron chi connectivity index (χ4n) is 2.99. The summed E-state index contributed by atoms with van der Waals surface area (Å²) >= 11 is 0. The number of ketones is 1. The molecule has 1 aliphatic rings. The largest absolute Gasteiger partial charge is 0.496 e. The van der Waals surface area contributed by atoms with Crippen molar-refractivity contribution in [2.24, 2.45) is 0 Å². The van der Waals surface area contributed by atoms with Crippen LogP contribution in [0, 0.1) is 0 Å². The molecule has 110 valence electrons. The predicted molar refractivity (Wildman–Crippen MR) is 81.9 cm³/mol. The summed E-state index contributed by atoms with van der Waals surface area (Å²) in [6.07, 6.45) is 0. The molecule has 20 heavy (non-hydrogen) atoms. The van der Waals surface area contributed by atoms with Gasteiger partial charge in [-0.1, -0.05) is 13.0 Å². The number of benzene rings is 1. The van der Waals surface area contributed by atoms with Gasteiger partial charge in [0.25, 0.3) is 0 Å². The zero-order valence-corrected chi connectivity index (χ0v) is 12.8. The minimum atomic E-state index is 0.0584. The van der Waals surface area contributed by atoms with E-state index in [1.165, 1.54) is 0 Å². The Morgan fingerprint density at radius 1 is 1.40 bits per heavy atom. The number of hydrogen-bond acceptors (Lipinski definition) is 4. The fourth-order valence-corrected chi connectivity index (χ4v) is 2.99.